The van der Waals surface area contributed by atoms with Crippen molar-refractivity contribution >= 4 is 5.82 Å². The van der Waals surface area contributed by atoms with E-state index >= 15 is 0 Å². The molecule has 0 aliphatic rings. The molecule has 2 nitrogen and oxygen atoms in total. The van der Waals surface area contributed by atoms with Crippen LogP contribution < -0.4 is 5.32 Å². The predicted molar refractivity (Wildman–Crippen MR) is 51.8 cm³/mol. The highest BCUT2D eigenvalue weighted by atomic mass is 15.0. The Labute approximate surface area is 73.3 Å². The largest absolute Gasteiger partial charge is 0.344 e. The Morgan fingerprint density at radius 3 is 2.75 bits per heavy atom. The normalized spacial score (nSPS) is 9.92. The van der Waals surface area contributed by atoms with E-state index in [9.17, 15) is 0 Å². The molecule has 1 heterocycles. The van der Waals surface area contributed by atoms with Crippen molar-refractivity contribution < 1.29 is 0 Å². The summed E-state index contributed by atoms with van der Waals surface area (Å²) in [4.78, 5) is 4.13. The topological polar surface area (TPSA) is 24.9 Å². The minimum Gasteiger partial charge on any atom is -0.344 e. The van der Waals surface area contributed by atoms with Gasteiger partial charge in [-0.05, 0) is 18.1 Å². The number of allylic oxidation sites excluding steroid dienone is 1. The highest BCUT2D eigenvalue weighted by molar-refractivity contribution is 5.39. The molecule has 0 bridgehead atoms. The Kier molecular flexibility index (Phi) is 2.86. The van der Waals surface area contributed by atoms with Crippen molar-refractivity contribution in [3.8, 4) is 0 Å². The summed E-state index contributed by atoms with van der Waals surface area (Å²) in [5.74, 6) is 1.29. The number of nitrogens with zero attached hydrogens (tertiary/aromatic N) is 1. The van der Waals surface area contributed by atoms with Gasteiger partial charge >= 0.3 is 0 Å². The molecule has 0 unspecified atom stereocenters. The van der Waals surface area contributed by atoms with Gasteiger partial charge in [-0.3, -0.25) is 0 Å². The van der Waals surface area contributed by atoms with Gasteiger partial charge in [0.2, 0.25) is 0 Å². The molecule has 0 radical (unpaired) electrons. The molecular weight excluding hydrogens is 148 g/mol. The summed E-state index contributed by atoms with van der Waals surface area (Å²) in [6.07, 6.45) is 1.76. The fraction of sp³-hybridized carbons (Fsp3) is 0.300. The monoisotopic (exact) mass is 162 g/mol. The molecule has 64 valence electrons. The second kappa shape index (κ2) is 3.90. The molecule has 1 N–H and O–H groups in total. The standard InChI is InChI=1S/C10H14N2/c1-8(2)9(3)12-10-6-4-5-7-11-10/h4-8H,3H2,1-2H3,(H,11,12). The third-order valence-electron chi connectivity index (χ3n) is 1.65. The molecule has 2 heteroatoms. The van der Waals surface area contributed by atoms with Gasteiger partial charge in [-0.2, -0.15) is 0 Å². The van der Waals surface area contributed by atoms with Crippen LogP contribution in [0, 0.1) is 5.92 Å². The van der Waals surface area contributed by atoms with Gasteiger partial charge in [-0.15, -0.1) is 0 Å². The van der Waals surface area contributed by atoms with Gasteiger partial charge in [0.1, 0.15) is 5.82 Å². The fourth-order valence-corrected chi connectivity index (χ4v) is 0.746. The summed E-state index contributed by atoms with van der Waals surface area (Å²) in [5, 5.41) is 3.14. The molecule has 1 aromatic rings. The van der Waals surface area contributed by atoms with Crippen molar-refractivity contribution in [1.82, 2.24) is 4.98 Å². The lowest BCUT2D eigenvalue weighted by Crippen LogP contribution is -2.05. The van der Waals surface area contributed by atoms with Crippen LogP contribution in [0.4, 0.5) is 5.82 Å². The van der Waals surface area contributed by atoms with Gasteiger partial charge < -0.3 is 5.32 Å². The lowest BCUT2D eigenvalue weighted by atomic mass is 10.1. The average molecular weight is 162 g/mol. The highest BCUT2D eigenvalue weighted by Crippen LogP contribution is 2.10. The van der Waals surface area contributed by atoms with Crippen molar-refractivity contribution in [3.05, 3.63) is 36.7 Å². The van der Waals surface area contributed by atoms with E-state index in [-0.39, 0.29) is 0 Å². The van der Waals surface area contributed by atoms with E-state index < -0.39 is 0 Å². The fourth-order valence-electron chi connectivity index (χ4n) is 0.746. The van der Waals surface area contributed by atoms with E-state index in [2.05, 4.69) is 30.7 Å². The van der Waals surface area contributed by atoms with Gasteiger partial charge in [0.15, 0.2) is 0 Å². The van der Waals surface area contributed by atoms with Crippen molar-refractivity contribution in [2.45, 2.75) is 13.8 Å². The molecule has 0 atom stereocenters. The zero-order valence-electron chi connectivity index (χ0n) is 7.54. The van der Waals surface area contributed by atoms with Gasteiger partial charge in [0.05, 0.1) is 0 Å². The quantitative estimate of drug-likeness (QED) is 0.739. The van der Waals surface area contributed by atoms with Crippen LogP contribution >= 0.6 is 0 Å². The van der Waals surface area contributed by atoms with Gasteiger partial charge in [0.25, 0.3) is 0 Å². The summed E-state index contributed by atoms with van der Waals surface area (Å²) in [6, 6.07) is 5.76. The first-order valence-corrected chi connectivity index (χ1v) is 4.07. The number of hydrogen-bond acceptors (Lipinski definition) is 2. The second-order valence-electron chi connectivity index (χ2n) is 3.02. The Morgan fingerprint density at radius 2 is 2.25 bits per heavy atom. The van der Waals surface area contributed by atoms with E-state index in [0.717, 1.165) is 11.5 Å². The summed E-state index contributed by atoms with van der Waals surface area (Å²) < 4.78 is 0. The molecule has 0 amide bonds. The number of nitrogens with one attached hydrogen (secondary N) is 1. The summed E-state index contributed by atoms with van der Waals surface area (Å²) in [6.45, 7) is 8.09. The van der Waals surface area contributed by atoms with E-state index in [1.807, 2.05) is 18.2 Å². The summed E-state index contributed by atoms with van der Waals surface area (Å²) in [7, 11) is 0. The number of pyridine rings is 1. The minimum absolute atomic E-state index is 0.437. The van der Waals surface area contributed by atoms with Crippen molar-refractivity contribution in [2.75, 3.05) is 5.32 Å². The van der Waals surface area contributed by atoms with Gasteiger partial charge in [0, 0.05) is 11.9 Å². The SMILES string of the molecule is C=C(Nc1ccccn1)C(C)C. The number of hydrogen-bond donors (Lipinski definition) is 1. The molecule has 1 rings (SSSR count). The van der Waals surface area contributed by atoms with E-state index in [4.69, 9.17) is 0 Å². The first kappa shape index (κ1) is 8.78. The van der Waals surface area contributed by atoms with Crippen LogP contribution in [0.15, 0.2) is 36.7 Å². The molecule has 0 aromatic carbocycles. The number of aromatic nitrogens is 1. The van der Waals surface area contributed by atoms with E-state index in [1.54, 1.807) is 6.20 Å². The molecule has 1 aromatic heterocycles. The zero-order valence-corrected chi connectivity index (χ0v) is 7.54. The van der Waals surface area contributed by atoms with Crippen LogP contribution in [0.1, 0.15) is 13.8 Å². The van der Waals surface area contributed by atoms with Crippen molar-refractivity contribution in [2.24, 2.45) is 5.92 Å². The third kappa shape index (κ3) is 2.38. The molecule has 0 saturated heterocycles. The lowest BCUT2D eigenvalue weighted by molar-refractivity contribution is 0.776. The van der Waals surface area contributed by atoms with Crippen LogP contribution in [-0.2, 0) is 0 Å². The molecule has 0 aliphatic carbocycles. The Balaban J connectivity index is 2.59. The highest BCUT2D eigenvalue weighted by Gasteiger charge is 1.99. The summed E-state index contributed by atoms with van der Waals surface area (Å²) >= 11 is 0. The molecular formula is C10H14N2. The van der Waals surface area contributed by atoms with Crippen molar-refractivity contribution in [3.63, 3.8) is 0 Å². The van der Waals surface area contributed by atoms with Crippen LogP contribution in [0.2, 0.25) is 0 Å². The molecule has 0 spiro atoms. The predicted octanol–water partition coefficient (Wildman–Crippen LogP) is 2.66. The molecule has 0 fully saturated rings. The first-order chi connectivity index (χ1) is 5.70. The zero-order chi connectivity index (χ0) is 8.97. The van der Waals surface area contributed by atoms with E-state index in [1.165, 1.54) is 0 Å². The Hall–Kier alpha value is -1.31. The maximum absolute atomic E-state index is 4.13. The van der Waals surface area contributed by atoms with Gasteiger partial charge in [-0.1, -0.05) is 26.5 Å². The maximum atomic E-state index is 4.13. The maximum Gasteiger partial charge on any atom is 0.130 e. The van der Waals surface area contributed by atoms with Crippen LogP contribution in [0.3, 0.4) is 0 Å². The lowest BCUT2D eigenvalue weighted by Gasteiger charge is -2.10. The van der Waals surface area contributed by atoms with Crippen molar-refractivity contribution in [1.29, 1.82) is 0 Å². The third-order valence-corrected chi connectivity index (χ3v) is 1.65. The second-order valence-corrected chi connectivity index (χ2v) is 3.02. The smallest absolute Gasteiger partial charge is 0.130 e. The number of anilines is 1. The minimum atomic E-state index is 0.437. The average Bonchev–Trinajstić information content (AvgIpc) is 2.06. The van der Waals surface area contributed by atoms with Gasteiger partial charge in [-0.25, -0.2) is 4.98 Å². The van der Waals surface area contributed by atoms with Crippen LogP contribution in [-0.4, -0.2) is 4.98 Å². The van der Waals surface area contributed by atoms with Crippen LogP contribution in [0.5, 0.6) is 0 Å². The Morgan fingerprint density at radius 1 is 1.50 bits per heavy atom. The first-order valence-electron chi connectivity index (χ1n) is 4.07. The molecule has 0 aliphatic heterocycles. The Bertz CT molecular complexity index is 252. The number of rotatable bonds is 3. The van der Waals surface area contributed by atoms with Crippen LogP contribution in [0.25, 0.3) is 0 Å². The molecule has 0 saturated carbocycles. The van der Waals surface area contributed by atoms with E-state index in [0.29, 0.717) is 5.92 Å². The summed E-state index contributed by atoms with van der Waals surface area (Å²) in [5.41, 5.74) is 0.994. The molecule has 12 heavy (non-hydrogen) atoms.